The molecule has 4 rings (SSSR count). The average molecular weight is 413 g/mol. The molecule has 1 N–H and O–H groups in total. The van der Waals surface area contributed by atoms with Crippen molar-refractivity contribution >= 4 is 17.5 Å². The summed E-state index contributed by atoms with van der Waals surface area (Å²) in [4.78, 5) is 29.7. The van der Waals surface area contributed by atoms with E-state index >= 15 is 0 Å². The molecule has 1 fully saturated rings. The first kappa shape index (κ1) is 19.3. The molecule has 1 aromatic heterocycles. The summed E-state index contributed by atoms with van der Waals surface area (Å²) < 4.78 is 6.49. The molecule has 2 heterocycles. The lowest BCUT2D eigenvalue weighted by atomic mass is 9.95. The molecule has 3 aromatic rings. The van der Waals surface area contributed by atoms with Gasteiger partial charge in [-0.3, -0.25) is 9.78 Å². The lowest BCUT2D eigenvalue weighted by molar-refractivity contribution is 0.0711. The lowest BCUT2D eigenvalue weighted by Crippen LogP contribution is -2.38. The molecule has 2 aromatic carbocycles. The van der Waals surface area contributed by atoms with Gasteiger partial charge in [-0.05, 0) is 61.4 Å². The Morgan fingerprint density at radius 2 is 1.76 bits per heavy atom. The fourth-order valence-electron chi connectivity index (χ4n) is 3.55. The Bertz CT molecular complexity index is 1050. The van der Waals surface area contributed by atoms with Gasteiger partial charge in [0, 0.05) is 29.6 Å². The van der Waals surface area contributed by atoms with Crippen molar-refractivity contribution in [3.8, 4) is 11.4 Å². The first-order valence-corrected chi connectivity index (χ1v) is 9.81. The van der Waals surface area contributed by atoms with Crippen LogP contribution in [0.3, 0.4) is 0 Å². The van der Waals surface area contributed by atoms with Gasteiger partial charge in [-0.15, -0.1) is 5.10 Å². The van der Waals surface area contributed by atoms with Gasteiger partial charge >= 0.3 is 5.69 Å². The van der Waals surface area contributed by atoms with Crippen LogP contribution >= 0.6 is 11.6 Å². The number of piperidine rings is 1. The predicted molar refractivity (Wildman–Crippen MR) is 110 cm³/mol. The van der Waals surface area contributed by atoms with Crippen LogP contribution < -0.4 is 10.4 Å². The quantitative estimate of drug-likeness (QED) is 0.713. The third-order valence-corrected chi connectivity index (χ3v) is 5.46. The van der Waals surface area contributed by atoms with E-state index in [9.17, 15) is 9.59 Å². The number of nitrogens with zero attached hydrogens (tertiary/aromatic N) is 3. The highest BCUT2D eigenvalue weighted by Crippen LogP contribution is 2.26. The van der Waals surface area contributed by atoms with E-state index in [0.29, 0.717) is 35.2 Å². The third kappa shape index (κ3) is 4.05. The van der Waals surface area contributed by atoms with Gasteiger partial charge in [-0.25, -0.2) is 4.79 Å². The van der Waals surface area contributed by atoms with Crippen molar-refractivity contribution in [3.63, 3.8) is 0 Å². The van der Waals surface area contributed by atoms with E-state index in [1.54, 1.807) is 55.6 Å². The van der Waals surface area contributed by atoms with E-state index in [1.165, 1.54) is 4.68 Å². The van der Waals surface area contributed by atoms with Gasteiger partial charge in [0.05, 0.1) is 12.8 Å². The number of ether oxygens (including phenoxy) is 1. The lowest BCUT2D eigenvalue weighted by Gasteiger charge is -2.31. The number of methoxy groups -OCH3 is 1. The normalized spacial score (nSPS) is 14.8. The number of amides is 1. The monoisotopic (exact) mass is 412 g/mol. The molecule has 7 nitrogen and oxygen atoms in total. The third-order valence-electron chi connectivity index (χ3n) is 5.21. The zero-order chi connectivity index (χ0) is 20.4. The molecule has 8 heteroatoms. The zero-order valence-electron chi connectivity index (χ0n) is 16.0. The summed E-state index contributed by atoms with van der Waals surface area (Å²) >= 11 is 5.91. The molecule has 0 unspecified atom stereocenters. The highest BCUT2D eigenvalue weighted by atomic mass is 35.5. The molecule has 0 atom stereocenters. The number of hydrogen-bond acceptors (Lipinski definition) is 4. The minimum absolute atomic E-state index is 0.00582. The summed E-state index contributed by atoms with van der Waals surface area (Å²) in [7, 11) is 1.60. The number of carbonyl (C=O) groups excluding carboxylic acids is 1. The molecule has 1 aliphatic heterocycles. The van der Waals surface area contributed by atoms with Crippen molar-refractivity contribution in [1.82, 2.24) is 19.7 Å². The van der Waals surface area contributed by atoms with E-state index in [0.717, 1.165) is 18.6 Å². The summed E-state index contributed by atoms with van der Waals surface area (Å²) in [6.07, 6.45) is 1.49. The molecule has 0 saturated carbocycles. The number of aromatic nitrogens is 3. The molecule has 29 heavy (non-hydrogen) atoms. The second kappa shape index (κ2) is 8.13. The number of H-pyrrole nitrogens is 1. The van der Waals surface area contributed by atoms with Gasteiger partial charge in [0.2, 0.25) is 0 Å². The highest BCUT2D eigenvalue weighted by Gasteiger charge is 2.27. The number of halogens is 1. The maximum Gasteiger partial charge on any atom is 0.348 e. The predicted octanol–water partition coefficient (Wildman–Crippen LogP) is 3.24. The minimum atomic E-state index is -0.279. The molecule has 0 bridgehead atoms. The van der Waals surface area contributed by atoms with Crippen molar-refractivity contribution in [3.05, 3.63) is 75.4 Å². The summed E-state index contributed by atoms with van der Waals surface area (Å²) in [6, 6.07) is 14.1. The van der Waals surface area contributed by atoms with Crippen molar-refractivity contribution in [1.29, 1.82) is 0 Å². The van der Waals surface area contributed by atoms with Crippen LogP contribution in [0.25, 0.3) is 5.69 Å². The number of carbonyl (C=O) groups is 1. The Hall–Kier alpha value is -3.06. The van der Waals surface area contributed by atoms with Crippen LogP contribution in [0.5, 0.6) is 5.75 Å². The second-order valence-corrected chi connectivity index (χ2v) is 7.44. The van der Waals surface area contributed by atoms with E-state index in [-0.39, 0.29) is 17.5 Å². The van der Waals surface area contributed by atoms with Gasteiger partial charge in [-0.2, -0.15) is 4.68 Å². The Kier molecular flexibility index (Phi) is 5.40. The number of likely N-dealkylation sites (tertiary alicyclic amines) is 1. The molecular weight excluding hydrogens is 392 g/mol. The Balaban J connectivity index is 1.43. The van der Waals surface area contributed by atoms with Crippen LogP contribution in [0.4, 0.5) is 0 Å². The van der Waals surface area contributed by atoms with Gasteiger partial charge in [-0.1, -0.05) is 11.6 Å². The SMILES string of the molecule is COc1ccc(C(=O)N2CCC(c3nn(-c4ccc(Cl)cc4)c(=O)[nH]3)CC2)cc1. The number of benzene rings is 2. The summed E-state index contributed by atoms with van der Waals surface area (Å²) in [5.74, 6) is 1.49. The molecule has 0 spiro atoms. The Morgan fingerprint density at radius 3 is 2.38 bits per heavy atom. The van der Waals surface area contributed by atoms with Crippen LogP contribution in [0, 0.1) is 0 Å². The van der Waals surface area contributed by atoms with Crippen LogP contribution in [0.1, 0.15) is 34.9 Å². The molecule has 1 saturated heterocycles. The van der Waals surface area contributed by atoms with Crippen LogP contribution in [-0.4, -0.2) is 45.8 Å². The van der Waals surface area contributed by atoms with E-state index < -0.39 is 0 Å². The van der Waals surface area contributed by atoms with Crippen LogP contribution in [-0.2, 0) is 0 Å². The number of rotatable bonds is 4. The van der Waals surface area contributed by atoms with Gasteiger partial charge in [0.25, 0.3) is 5.91 Å². The molecule has 1 amide bonds. The summed E-state index contributed by atoms with van der Waals surface area (Å²) in [5.41, 5.74) is 1.03. The fraction of sp³-hybridized carbons (Fsp3) is 0.286. The molecule has 150 valence electrons. The maximum absolute atomic E-state index is 12.7. The first-order chi connectivity index (χ1) is 14.0. The molecule has 0 aliphatic carbocycles. The Morgan fingerprint density at radius 1 is 1.10 bits per heavy atom. The number of aromatic amines is 1. The topological polar surface area (TPSA) is 80.2 Å². The van der Waals surface area contributed by atoms with Gasteiger partial charge < -0.3 is 9.64 Å². The molecular formula is C21H21ClN4O3. The average Bonchev–Trinajstić information content (AvgIpc) is 3.15. The summed E-state index contributed by atoms with van der Waals surface area (Å²) in [5, 5.41) is 5.07. The smallest absolute Gasteiger partial charge is 0.348 e. The van der Waals surface area contributed by atoms with Crippen molar-refractivity contribution in [2.24, 2.45) is 0 Å². The van der Waals surface area contributed by atoms with Crippen molar-refractivity contribution in [2.75, 3.05) is 20.2 Å². The van der Waals surface area contributed by atoms with Crippen LogP contribution in [0.15, 0.2) is 53.3 Å². The van der Waals surface area contributed by atoms with Crippen molar-refractivity contribution < 1.29 is 9.53 Å². The highest BCUT2D eigenvalue weighted by molar-refractivity contribution is 6.30. The zero-order valence-corrected chi connectivity index (χ0v) is 16.7. The largest absolute Gasteiger partial charge is 0.497 e. The fourth-order valence-corrected chi connectivity index (χ4v) is 3.68. The van der Waals surface area contributed by atoms with E-state index in [1.807, 2.05) is 4.90 Å². The number of nitrogens with one attached hydrogen (secondary N) is 1. The Labute approximate surface area is 172 Å². The van der Waals surface area contributed by atoms with E-state index in [2.05, 4.69) is 10.1 Å². The van der Waals surface area contributed by atoms with Gasteiger partial charge in [0.15, 0.2) is 0 Å². The number of hydrogen-bond donors (Lipinski definition) is 1. The second-order valence-electron chi connectivity index (χ2n) is 7.00. The summed E-state index contributed by atoms with van der Waals surface area (Å²) in [6.45, 7) is 1.23. The maximum atomic E-state index is 12.7. The standard InChI is InChI=1S/C21H21ClN4O3/c1-29-18-8-2-15(3-9-18)20(27)25-12-10-14(11-13-25)19-23-21(28)26(24-19)17-6-4-16(22)5-7-17/h2-9,14H,10-13H2,1H3,(H,23,24,28). The minimum Gasteiger partial charge on any atom is -0.497 e. The van der Waals surface area contributed by atoms with Crippen molar-refractivity contribution in [2.45, 2.75) is 18.8 Å². The van der Waals surface area contributed by atoms with E-state index in [4.69, 9.17) is 16.3 Å². The first-order valence-electron chi connectivity index (χ1n) is 9.43. The molecule has 0 radical (unpaired) electrons. The van der Waals surface area contributed by atoms with Crippen LogP contribution in [0.2, 0.25) is 5.02 Å². The van der Waals surface area contributed by atoms with Gasteiger partial charge in [0.1, 0.15) is 11.6 Å². The molecule has 1 aliphatic rings.